The molecule has 0 unspecified atom stereocenters. The fourth-order valence-corrected chi connectivity index (χ4v) is 3.21. The minimum Gasteiger partial charge on any atom is -0.487 e. The average molecular weight is 326 g/mol. The van der Waals surface area contributed by atoms with Gasteiger partial charge < -0.3 is 15.4 Å². The minimum absolute atomic E-state index is 0.136. The van der Waals surface area contributed by atoms with E-state index in [4.69, 9.17) is 17.0 Å². The third kappa shape index (κ3) is 3.82. The van der Waals surface area contributed by atoms with Gasteiger partial charge in [-0.15, -0.1) is 0 Å². The van der Waals surface area contributed by atoms with E-state index in [1.165, 1.54) is 11.1 Å². The summed E-state index contributed by atoms with van der Waals surface area (Å²) in [5.74, 6) is 0.937. The highest BCUT2D eigenvalue weighted by molar-refractivity contribution is 7.80. The third-order valence-corrected chi connectivity index (χ3v) is 4.18. The molecule has 1 aliphatic heterocycles. The molecule has 2 N–H and O–H groups in total. The quantitative estimate of drug-likeness (QED) is 0.791. The highest BCUT2D eigenvalue weighted by Crippen LogP contribution is 2.39. The lowest BCUT2D eigenvalue weighted by molar-refractivity contribution is 0.0696. The number of ether oxygens (including phenoxy) is 1. The summed E-state index contributed by atoms with van der Waals surface area (Å²) >= 11 is 5.49. The maximum Gasteiger partial charge on any atom is 0.171 e. The second-order valence-electron chi connectivity index (χ2n) is 6.62. The van der Waals surface area contributed by atoms with Crippen LogP contribution >= 0.6 is 12.2 Å². The van der Waals surface area contributed by atoms with E-state index in [-0.39, 0.29) is 11.6 Å². The summed E-state index contributed by atoms with van der Waals surface area (Å²) in [5.41, 5.74) is 3.16. The van der Waals surface area contributed by atoms with Gasteiger partial charge in [-0.2, -0.15) is 0 Å². The molecule has 1 aliphatic rings. The molecule has 1 atom stereocenters. The molecule has 120 valence electrons. The van der Waals surface area contributed by atoms with Crippen LogP contribution in [0.25, 0.3) is 0 Å². The monoisotopic (exact) mass is 326 g/mol. The Hall–Kier alpha value is -2.07. The van der Waals surface area contributed by atoms with Gasteiger partial charge in [-0.3, -0.25) is 0 Å². The molecule has 0 amide bonds. The van der Waals surface area contributed by atoms with Crippen molar-refractivity contribution in [2.75, 3.05) is 5.32 Å². The van der Waals surface area contributed by atoms with E-state index in [0.717, 1.165) is 17.9 Å². The Morgan fingerprint density at radius 3 is 2.65 bits per heavy atom. The molecule has 2 aromatic carbocycles. The molecular weight excluding hydrogens is 304 g/mol. The first kappa shape index (κ1) is 15.8. The average Bonchev–Trinajstić information content (AvgIpc) is 2.48. The zero-order valence-electron chi connectivity index (χ0n) is 13.7. The third-order valence-electron chi connectivity index (χ3n) is 3.96. The molecule has 0 aliphatic carbocycles. The smallest absolute Gasteiger partial charge is 0.171 e. The van der Waals surface area contributed by atoms with Crippen LogP contribution < -0.4 is 15.4 Å². The predicted molar refractivity (Wildman–Crippen MR) is 99.0 cm³/mol. The highest BCUT2D eigenvalue weighted by atomic mass is 32.1. The Morgan fingerprint density at radius 2 is 1.91 bits per heavy atom. The van der Waals surface area contributed by atoms with Crippen molar-refractivity contribution in [3.05, 3.63) is 59.7 Å². The van der Waals surface area contributed by atoms with Gasteiger partial charge >= 0.3 is 0 Å². The fraction of sp³-hybridized carbons (Fsp3) is 0.316. The van der Waals surface area contributed by atoms with Crippen molar-refractivity contribution in [3.8, 4) is 5.75 Å². The summed E-state index contributed by atoms with van der Waals surface area (Å²) in [7, 11) is 0. The van der Waals surface area contributed by atoms with Crippen LogP contribution in [0, 0.1) is 6.92 Å². The molecule has 1 heterocycles. The molecule has 0 bridgehead atoms. The van der Waals surface area contributed by atoms with Gasteiger partial charge in [0, 0.05) is 17.7 Å². The Kier molecular flexibility index (Phi) is 4.26. The molecule has 0 saturated carbocycles. The van der Waals surface area contributed by atoms with Gasteiger partial charge in [0.05, 0.1) is 6.04 Å². The molecule has 0 saturated heterocycles. The van der Waals surface area contributed by atoms with E-state index >= 15 is 0 Å². The predicted octanol–water partition coefficient (Wildman–Crippen LogP) is 4.58. The lowest BCUT2D eigenvalue weighted by Gasteiger charge is -2.38. The first-order chi connectivity index (χ1) is 10.9. The van der Waals surface area contributed by atoms with E-state index in [1.54, 1.807) is 0 Å². The van der Waals surface area contributed by atoms with Crippen LogP contribution in [0.5, 0.6) is 5.75 Å². The van der Waals surface area contributed by atoms with E-state index in [0.29, 0.717) is 5.11 Å². The minimum atomic E-state index is -0.220. The van der Waals surface area contributed by atoms with Crippen LogP contribution in [-0.2, 0) is 0 Å². The van der Waals surface area contributed by atoms with E-state index in [1.807, 2.05) is 36.4 Å². The van der Waals surface area contributed by atoms with Gasteiger partial charge in [-0.05, 0) is 51.2 Å². The fourth-order valence-electron chi connectivity index (χ4n) is 2.95. The Morgan fingerprint density at radius 1 is 1.17 bits per heavy atom. The van der Waals surface area contributed by atoms with Crippen molar-refractivity contribution in [1.82, 2.24) is 5.32 Å². The number of aryl methyl sites for hydroxylation is 1. The zero-order chi connectivity index (χ0) is 16.4. The molecule has 2 aromatic rings. The second kappa shape index (κ2) is 6.20. The maximum atomic E-state index is 6.10. The van der Waals surface area contributed by atoms with E-state index in [2.05, 4.69) is 43.5 Å². The number of benzene rings is 2. The SMILES string of the molecule is Cc1ccc2c(c1)[C@H](NC(=S)Nc1ccccc1)CC(C)(C)O2. The van der Waals surface area contributed by atoms with Crippen molar-refractivity contribution >= 4 is 23.0 Å². The summed E-state index contributed by atoms with van der Waals surface area (Å²) < 4.78 is 6.10. The molecule has 23 heavy (non-hydrogen) atoms. The van der Waals surface area contributed by atoms with Crippen molar-refractivity contribution in [2.45, 2.75) is 38.8 Å². The standard InChI is InChI=1S/C19H22N2OS/c1-13-9-10-17-15(11-13)16(12-19(2,3)22-17)21-18(23)20-14-7-5-4-6-8-14/h4-11,16H,12H2,1-3H3,(H2,20,21,23)/t16-/m1/s1. The number of rotatable bonds is 2. The molecule has 4 heteroatoms. The van der Waals surface area contributed by atoms with Gasteiger partial charge in [0.15, 0.2) is 5.11 Å². The van der Waals surface area contributed by atoms with Crippen molar-refractivity contribution in [2.24, 2.45) is 0 Å². The number of fused-ring (bicyclic) bond motifs is 1. The molecule has 0 aromatic heterocycles. The lowest BCUT2D eigenvalue weighted by atomic mass is 9.89. The second-order valence-corrected chi connectivity index (χ2v) is 7.03. The number of thiocarbonyl (C=S) groups is 1. The van der Waals surface area contributed by atoms with E-state index < -0.39 is 0 Å². The summed E-state index contributed by atoms with van der Waals surface area (Å²) in [6.45, 7) is 6.31. The highest BCUT2D eigenvalue weighted by Gasteiger charge is 2.34. The first-order valence-electron chi connectivity index (χ1n) is 7.85. The van der Waals surface area contributed by atoms with Crippen LogP contribution in [0.2, 0.25) is 0 Å². The summed E-state index contributed by atoms with van der Waals surface area (Å²) in [5, 5.41) is 7.32. The van der Waals surface area contributed by atoms with Crippen molar-refractivity contribution < 1.29 is 4.74 Å². The Labute approximate surface area is 143 Å². The molecule has 0 radical (unpaired) electrons. The molecule has 0 fully saturated rings. The molecule has 3 nitrogen and oxygen atoms in total. The topological polar surface area (TPSA) is 33.3 Å². The van der Waals surface area contributed by atoms with E-state index in [9.17, 15) is 0 Å². The summed E-state index contributed by atoms with van der Waals surface area (Å²) in [6.07, 6.45) is 0.861. The summed E-state index contributed by atoms with van der Waals surface area (Å²) in [4.78, 5) is 0. The first-order valence-corrected chi connectivity index (χ1v) is 8.26. The number of anilines is 1. The molecule has 0 spiro atoms. The number of hydrogen-bond donors (Lipinski definition) is 2. The van der Waals surface area contributed by atoms with Gasteiger partial charge in [0.25, 0.3) is 0 Å². The Bertz CT molecular complexity index is 713. The molecule has 3 rings (SSSR count). The molecular formula is C19H22N2OS. The number of hydrogen-bond acceptors (Lipinski definition) is 2. The number of para-hydroxylation sites is 1. The number of nitrogens with one attached hydrogen (secondary N) is 2. The largest absolute Gasteiger partial charge is 0.487 e. The zero-order valence-corrected chi connectivity index (χ0v) is 14.5. The van der Waals surface area contributed by atoms with Crippen LogP contribution in [0.15, 0.2) is 48.5 Å². The maximum absolute atomic E-state index is 6.10. The van der Waals surface area contributed by atoms with Crippen LogP contribution in [-0.4, -0.2) is 10.7 Å². The van der Waals surface area contributed by atoms with Crippen LogP contribution in [0.3, 0.4) is 0 Å². The normalized spacial score (nSPS) is 18.5. The van der Waals surface area contributed by atoms with Gasteiger partial charge in [0.2, 0.25) is 0 Å². The van der Waals surface area contributed by atoms with Gasteiger partial charge in [0.1, 0.15) is 11.4 Å². The Balaban J connectivity index is 1.79. The summed E-state index contributed by atoms with van der Waals surface area (Å²) in [6, 6.07) is 16.4. The van der Waals surface area contributed by atoms with Crippen LogP contribution in [0.1, 0.15) is 37.4 Å². The van der Waals surface area contributed by atoms with Crippen LogP contribution in [0.4, 0.5) is 5.69 Å². The van der Waals surface area contributed by atoms with Gasteiger partial charge in [-0.25, -0.2) is 0 Å². The van der Waals surface area contributed by atoms with Crippen molar-refractivity contribution in [1.29, 1.82) is 0 Å². The van der Waals surface area contributed by atoms with Crippen molar-refractivity contribution in [3.63, 3.8) is 0 Å². The van der Waals surface area contributed by atoms with Gasteiger partial charge in [-0.1, -0.05) is 35.9 Å². The lowest BCUT2D eigenvalue weighted by Crippen LogP contribution is -2.42.